The number of carbonyl (C=O) groups excluding carboxylic acids is 1. The van der Waals surface area contributed by atoms with Crippen molar-refractivity contribution in [2.24, 2.45) is 11.8 Å². The lowest BCUT2D eigenvalue weighted by Gasteiger charge is -2.12. The van der Waals surface area contributed by atoms with E-state index >= 15 is 0 Å². The Bertz CT molecular complexity index is 337. The van der Waals surface area contributed by atoms with Gasteiger partial charge in [-0.15, -0.1) is 0 Å². The molecular weight excluding hydrogens is 220 g/mol. The van der Waals surface area contributed by atoms with Gasteiger partial charge in [0.1, 0.15) is 0 Å². The van der Waals surface area contributed by atoms with Crippen molar-refractivity contribution in [2.45, 2.75) is 31.7 Å². The minimum absolute atomic E-state index is 0.156. The molecule has 1 saturated carbocycles. The average Bonchev–Trinajstić information content (AvgIpc) is 2.96. The van der Waals surface area contributed by atoms with Crippen molar-refractivity contribution in [3.05, 3.63) is 12.2 Å². The van der Waals surface area contributed by atoms with E-state index in [9.17, 15) is 9.59 Å². The Kier molecular flexibility index (Phi) is 3.66. The molecule has 2 unspecified atom stereocenters. The second-order valence-corrected chi connectivity index (χ2v) is 4.80. The maximum Gasteiger partial charge on any atom is 0.315 e. The Morgan fingerprint density at radius 1 is 1.29 bits per heavy atom. The Hall–Kier alpha value is -1.52. The molecule has 2 amide bonds. The standard InChI is InChI=1S/C12H18N2O3/c15-11(16)9-3-4-10(7-9)14-12(17)13-6-5-8-1-2-8/h3-4,8-10H,1-2,5-7H2,(H,15,16)(H2,13,14,17). The third kappa shape index (κ3) is 3.76. The summed E-state index contributed by atoms with van der Waals surface area (Å²) in [7, 11) is 0. The highest BCUT2D eigenvalue weighted by molar-refractivity contribution is 5.76. The molecule has 2 atom stereocenters. The Morgan fingerprint density at radius 2 is 2.06 bits per heavy atom. The summed E-state index contributed by atoms with van der Waals surface area (Å²) < 4.78 is 0. The van der Waals surface area contributed by atoms with Gasteiger partial charge in [0, 0.05) is 6.54 Å². The fourth-order valence-electron chi connectivity index (χ4n) is 2.00. The first kappa shape index (κ1) is 12.0. The van der Waals surface area contributed by atoms with Crippen molar-refractivity contribution in [3.8, 4) is 0 Å². The van der Waals surface area contributed by atoms with Gasteiger partial charge in [-0.25, -0.2) is 4.79 Å². The molecule has 2 aliphatic carbocycles. The van der Waals surface area contributed by atoms with Crippen LogP contribution < -0.4 is 10.6 Å². The minimum Gasteiger partial charge on any atom is -0.481 e. The first-order valence-electron chi connectivity index (χ1n) is 6.10. The number of nitrogens with one attached hydrogen (secondary N) is 2. The summed E-state index contributed by atoms with van der Waals surface area (Å²) in [6.45, 7) is 0.704. The summed E-state index contributed by atoms with van der Waals surface area (Å²) >= 11 is 0. The van der Waals surface area contributed by atoms with E-state index in [1.807, 2.05) is 0 Å². The van der Waals surface area contributed by atoms with Crippen LogP contribution in [0.2, 0.25) is 0 Å². The van der Waals surface area contributed by atoms with Gasteiger partial charge in [0.2, 0.25) is 0 Å². The topological polar surface area (TPSA) is 78.4 Å². The fraction of sp³-hybridized carbons (Fsp3) is 0.667. The summed E-state index contributed by atoms with van der Waals surface area (Å²) in [5, 5.41) is 14.3. The molecule has 2 rings (SSSR count). The van der Waals surface area contributed by atoms with Gasteiger partial charge in [-0.05, 0) is 18.8 Å². The zero-order valence-corrected chi connectivity index (χ0v) is 9.69. The Labute approximate surface area is 100 Å². The van der Waals surface area contributed by atoms with Gasteiger partial charge in [0.05, 0.1) is 12.0 Å². The van der Waals surface area contributed by atoms with Crippen molar-refractivity contribution in [3.63, 3.8) is 0 Å². The SMILES string of the molecule is O=C(NCCC1CC1)NC1C=CC(C(=O)O)C1. The molecule has 0 heterocycles. The van der Waals surface area contributed by atoms with Gasteiger partial charge in [-0.2, -0.15) is 0 Å². The van der Waals surface area contributed by atoms with E-state index < -0.39 is 11.9 Å². The number of carbonyl (C=O) groups is 2. The van der Waals surface area contributed by atoms with Gasteiger partial charge in [-0.1, -0.05) is 25.0 Å². The summed E-state index contributed by atoms with van der Waals surface area (Å²) in [6, 6.07) is -0.358. The van der Waals surface area contributed by atoms with Crippen LogP contribution in [-0.2, 0) is 4.79 Å². The first-order chi connectivity index (χ1) is 8.15. The fourth-order valence-corrected chi connectivity index (χ4v) is 2.00. The van der Waals surface area contributed by atoms with E-state index in [4.69, 9.17) is 5.11 Å². The molecule has 0 aromatic carbocycles. The van der Waals surface area contributed by atoms with Crippen molar-refractivity contribution in [2.75, 3.05) is 6.54 Å². The lowest BCUT2D eigenvalue weighted by Crippen LogP contribution is -2.41. The molecule has 0 aromatic heterocycles. The third-order valence-electron chi connectivity index (χ3n) is 3.25. The average molecular weight is 238 g/mol. The zero-order valence-electron chi connectivity index (χ0n) is 9.69. The summed E-state index contributed by atoms with van der Waals surface area (Å²) in [6.07, 6.45) is 7.46. The molecule has 1 fully saturated rings. The van der Waals surface area contributed by atoms with Crippen LogP contribution in [0.15, 0.2) is 12.2 Å². The van der Waals surface area contributed by atoms with Gasteiger partial charge in [-0.3, -0.25) is 4.79 Å². The highest BCUT2D eigenvalue weighted by atomic mass is 16.4. The zero-order chi connectivity index (χ0) is 12.3. The van der Waals surface area contributed by atoms with Crippen molar-refractivity contribution in [1.29, 1.82) is 0 Å². The van der Waals surface area contributed by atoms with Crippen LogP contribution in [0.25, 0.3) is 0 Å². The molecule has 17 heavy (non-hydrogen) atoms. The molecular formula is C12H18N2O3. The third-order valence-corrected chi connectivity index (χ3v) is 3.25. The Morgan fingerprint density at radius 3 is 2.65 bits per heavy atom. The van der Waals surface area contributed by atoms with Crippen LogP contribution in [0.1, 0.15) is 25.7 Å². The Balaban J connectivity index is 1.62. The number of urea groups is 1. The molecule has 94 valence electrons. The quantitative estimate of drug-likeness (QED) is 0.628. The molecule has 5 nitrogen and oxygen atoms in total. The maximum atomic E-state index is 11.5. The summed E-state index contributed by atoms with van der Waals surface area (Å²) in [5.41, 5.74) is 0. The van der Waals surface area contributed by atoms with Gasteiger partial charge >= 0.3 is 12.0 Å². The molecule has 0 aromatic rings. The predicted octanol–water partition coefficient (Wildman–Crippen LogP) is 1.11. The van der Waals surface area contributed by atoms with Crippen LogP contribution in [0.3, 0.4) is 0 Å². The lowest BCUT2D eigenvalue weighted by atomic mass is 10.1. The predicted molar refractivity (Wildman–Crippen MR) is 62.5 cm³/mol. The van der Waals surface area contributed by atoms with Gasteiger partial charge in [0.15, 0.2) is 0 Å². The molecule has 2 aliphatic rings. The molecule has 0 spiro atoms. The number of carboxylic acid groups (broad SMARTS) is 1. The first-order valence-corrected chi connectivity index (χ1v) is 6.10. The maximum absolute atomic E-state index is 11.5. The summed E-state index contributed by atoms with van der Waals surface area (Å²) in [5.74, 6) is -0.496. The van der Waals surface area contributed by atoms with Crippen molar-refractivity contribution >= 4 is 12.0 Å². The number of aliphatic carboxylic acids is 1. The smallest absolute Gasteiger partial charge is 0.315 e. The lowest BCUT2D eigenvalue weighted by molar-refractivity contribution is -0.140. The van der Waals surface area contributed by atoms with Gasteiger partial charge < -0.3 is 15.7 Å². The largest absolute Gasteiger partial charge is 0.481 e. The van der Waals surface area contributed by atoms with E-state index in [1.165, 1.54) is 12.8 Å². The minimum atomic E-state index is -0.834. The molecule has 3 N–H and O–H groups in total. The van der Waals surface area contributed by atoms with Crippen LogP contribution in [-0.4, -0.2) is 29.7 Å². The van der Waals surface area contributed by atoms with E-state index in [-0.39, 0.29) is 12.1 Å². The molecule has 0 radical (unpaired) electrons. The van der Waals surface area contributed by atoms with Crippen molar-refractivity contribution in [1.82, 2.24) is 10.6 Å². The van der Waals surface area contributed by atoms with Crippen LogP contribution >= 0.6 is 0 Å². The van der Waals surface area contributed by atoms with Gasteiger partial charge in [0.25, 0.3) is 0 Å². The van der Waals surface area contributed by atoms with Crippen LogP contribution in [0.5, 0.6) is 0 Å². The second kappa shape index (κ2) is 5.21. The molecule has 0 bridgehead atoms. The van der Waals surface area contributed by atoms with Crippen LogP contribution in [0, 0.1) is 11.8 Å². The normalized spacial score (nSPS) is 26.8. The van der Waals surface area contributed by atoms with Crippen molar-refractivity contribution < 1.29 is 14.7 Å². The van der Waals surface area contributed by atoms with E-state index in [0.29, 0.717) is 13.0 Å². The molecule has 5 heteroatoms. The number of amides is 2. The van der Waals surface area contributed by atoms with E-state index in [1.54, 1.807) is 12.2 Å². The number of carboxylic acids is 1. The van der Waals surface area contributed by atoms with E-state index in [0.717, 1.165) is 12.3 Å². The molecule has 0 aliphatic heterocycles. The van der Waals surface area contributed by atoms with Crippen LogP contribution in [0.4, 0.5) is 4.79 Å². The highest BCUT2D eigenvalue weighted by Gasteiger charge is 2.25. The summed E-state index contributed by atoms with van der Waals surface area (Å²) in [4.78, 5) is 22.2. The second-order valence-electron chi connectivity index (χ2n) is 4.80. The highest BCUT2D eigenvalue weighted by Crippen LogP contribution is 2.31. The monoisotopic (exact) mass is 238 g/mol. The number of hydrogen-bond acceptors (Lipinski definition) is 2. The number of hydrogen-bond donors (Lipinski definition) is 3. The molecule has 0 saturated heterocycles. The number of rotatable bonds is 5. The van der Waals surface area contributed by atoms with E-state index in [2.05, 4.69) is 10.6 Å².